The first-order valence-electron chi connectivity index (χ1n) is 5.87. The van der Waals surface area contributed by atoms with Gasteiger partial charge in [-0.1, -0.05) is 0 Å². The van der Waals surface area contributed by atoms with Crippen LogP contribution in [0.2, 0.25) is 0 Å². The first-order chi connectivity index (χ1) is 9.72. The van der Waals surface area contributed by atoms with Crippen LogP contribution in [0.25, 0.3) is 16.9 Å². The smallest absolute Gasteiger partial charge is 0.260 e. The summed E-state index contributed by atoms with van der Waals surface area (Å²) < 4.78 is 12.0. The van der Waals surface area contributed by atoms with E-state index in [1.807, 2.05) is 0 Å². The fraction of sp³-hybridized carbons (Fsp3) is 0.154. The Morgan fingerprint density at radius 3 is 2.60 bits per heavy atom. The molecule has 0 amide bonds. The van der Waals surface area contributed by atoms with Gasteiger partial charge in [0.15, 0.2) is 11.5 Å². The molecule has 0 aliphatic carbocycles. The number of nitrogens with one attached hydrogen (secondary N) is 1. The zero-order valence-electron chi connectivity index (χ0n) is 11.0. The summed E-state index contributed by atoms with van der Waals surface area (Å²) in [4.78, 5) is 23.2. The van der Waals surface area contributed by atoms with E-state index in [1.54, 1.807) is 35.4 Å². The van der Waals surface area contributed by atoms with Crippen LogP contribution >= 0.6 is 0 Å². The van der Waals surface area contributed by atoms with Crippen molar-refractivity contribution in [1.29, 1.82) is 0 Å². The molecule has 0 saturated carbocycles. The molecule has 1 aromatic carbocycles. The van der Waals surface area contributed by atoms with Gasteiger partial charge in [-0.25, -0.2) is 9.97 Å². The Morgan fingerprint density at radius 2 is 1.95 bits per heavy atom. The average Bonchev–Trinajstić information content (AvgIpc) is 3.00. The lowest BCUT2D eigenvalue weighted by molar-refractivity contribution is 0.355. The number of aromatic amines is 1. The molecule has 7 heteroatoms. The molecule has 7 nitrogen and oxygen atoms in total. The number of ether oxygens (including phenoxy) is 2. The molecule has 102 valence electrons. The number of rotatable bonds is 3. The highest BCUT2D eigenvalue weighted by Gasteiger charge is 2.11. The summed E-state index contributed by atoms with van der Waals surface area (Å²) >= 11 is 0. The van der Waals surface area contributed by atoms with Crippen molar-refractivity contribution in [2.75, 3.05) is 14.2 Å². The van der Waals surface area contributed by atoms with Crippen molar-refractivity contribution in [3.63, 3.8) is 0 Å². The van der Waals surface area contributed by atoms with Crippen LogP contribution in [0.15, 0.2) is 35.6 Å². The Balaban J connectivity index is 2.28. The van der Waals surface area contributed by atoms with E-state index < -0.39 is 0 Å². The standard InChI is InChI=1S/C13H12N4O3/c1-19-10-5-8-9(6-11(10)20-2)15-13(16-12(8)18)17-4-3-14-7-17/h3-7H,1-2H3,(H,15,16,18). The van der Waals surface area contributed by atoms with Gasteiger partial charge >= 0.3 is 0 Å². The van der Waals surface area contributed by atoms with Gasteiger partial charge in [0.1, 0.15) is 6.33 Å². The Bertz CT molecular complexity index is 808. The summed E-state index contributed by atoms with van der Waals surface area (Å²) in [6.07, 6.45) is 4.87. The van der Waals surface area contributed by atoms with Crippen molar-refractivity contribution >= 4 is 10.9 Å². The van der Waals surface area contributed by atoms with E-state index in [2.05, 4.69) is 15.0 Å². The van der Waals surface area contributed by atoms with Gasteiger partial charge in [-0.05, 0) is 6.07 Å². The summed E-state index contributed by atoms with van der Waals surface area (Å²) in [7, 11) is 3.05. The number of methoxy groups -OCH3 is 2. The van der Waals surface area contributed by atoms with Crippen LogP contribution in [-0.4, -0.2) is 33.7 Å². The van der Waals surface area contributed by atoms with E-state index in [-0.39, 0.29) is 5.56 Å². The zero-order chi connectivity index (χ0) is 14.1. The lowest BCUT2D eigenvalue weighted by Gasteiger charge is -2.09. The van der Waals surface area contributed by atoms with Crippen molar-refractivity contribution in [3.8, 4) is 17.4 Å². The van der Waals surface area contributed by atoms with Crippen molar-refractivity contribution in [2.24, 2.45) is 0 Å². The van der Waals surface area contributed by atoms with Crippen molar-refractivity contribution in [3.05, 3.63) is 41.2 Å². The highest BCUT2D eigenvalue weighted by Crippen LogP contribution is 2.29. The molecule has 1 N–H and O–H groups in total. The summed E-state index contributed by atoms with van der Waals surface area (Å²) in [6.45, 7) is 0. The Hall–Kier alpha value is -2.83. The Kier molecular flexibility index (Phi) is 2.86. The molecule has 0 radical (unpaired) electrons. The molecular weight excluding hydrogens is 260 g/mol. The predicted molar refractivity (Wildman–Crippen MR) is 72.6 cm³/mol. The van der Waals surface area contributed by atoms with E-state index in [9.17, 15) is 4.79 Å². The van der Waals surface area contributed by atoms with Crippen LogP contribution < -0.4 is 15.0 Å². The lowest BCUT2D eigenvalue weighted by Crippen LogP contribution is -2.13. The molecule has 0 aliphatic heterocycles. The van der Waals surface area contributed by atoms with E-state index in [0.29, 0.717) is 28.4 Å². The molecule has 0 atom stereocenters. The van der Waals surface area contributed by atoms with Gasteiger partial charge in [0.25, 0.3) is 5.56 Å². The van der Waals surface area contributed by atoms with Gasteiger partial charge in [-0.2, -0.15) is 0 Å². The maximum atomic E-state index is 12.1. The molecule has 3 aromatic rings. The van der Waals surface area contributed by atoms with Crippen LogP contribution in [0.5, 0.6) is 11.5 Å². The van der Waals surface area contributed by atoms with E-state index in [4.69, 9.17) is 9.47 Å². The zero-order valence-corrected chi connectivity index (χ0v) is 11.0. The van der Waals surface area contributed by atoms with Gasteiger partial charge in [-0.3, -0.25) is 14.3 Å². The number of fused-ring (bicyclic) bond motifs is 1. The predicted octanol–water partition coefficient (Wildman–Crippen LogP) is 1.13. The molecule has 0 unspecified atom stereocenters. The number of hydrogen-bond acceptors (Lipinski definition) is 5. The number of aromatic nitrogens is 4. The molecule has 0 fully saturated rings. The molecule has 0 aliphatic rings. The van der Waals surface area contributed by atoms with Gasteiger partial charge < -0.3 is 9.47 Å². The van der Waals surface area contributed by atoms with Gasteiger partial charge in [0, 0.05) is 18.5 Å². The number of benzene rings is 1. The van der Waals surface area contributed by atoms with Crippen LogP contribution in [0, 0.1) is 0 Å². The third kappa shape index (κ3) is 1.89. The quantitative estimate of drug-likeness (QED) is 0.772. The number of H-pyrrole nitrogens is 1. The first kappa shape index (κ1) is 12.2. The minimum atomic E-state index is -0.250. The Morgan fingerprint density at radius 1 is 1.20 bits per heavy atom. The molecule has 3 rings (SSSR count). The molecule has 0 spiro atoms. The fourth-order valence-electron chi connectivity index (χ4n) is 1.96. The summed E-state index contributed by atoms with van der Waals surface area (Å²) in [5, 5.41) is 0.437. The van der Waals surface area contributed by atoms with Gasteiger partial charge in [0.2, 0.25) is 5.95 Å². The lowest BCUT2D eigenvalue weighted by atomic mass is 10.2. The summed E-state index contributed by atoms with van der Waals surface area (Å²) in [6, 6.07) is 3.28. The van der Waals surface area contributed by atoms with Crippen LogP contribution in [-0.2, 0) is 0 Å². The van der Waals surface area contributed by atoms with Crippen molar-refractivity contribution in [1.82, 2.24) is 19.5 Å². The Labute approximate surface area is 113 Å². The molecule has 2 aromatic heterocycles. The number of hydrogen-bond donors (Lipinski definition) is 1. The van der Waals surface area contributed by atoms with Crippen molar-refractivity contribution < 1.29 is 9.47 Å². The average molecular weight is 272 g/mol. The summed E-state index contributed by atoms with van der Waals surface area (Å²) in [5.41, 5.74) is 0.273. The van der Waals surface area contributed by atoms with Gasteiger partial charge in [0.05, 0.1) is 25.1 Å². The van der Waals surface area contributed by atoms with E-state index >= 15 is 0 Å². The van der Waals surface area contributed by atoms with Crippen LogP contribution in [0.4, 0.5) is 0 Å². The summed E-state index contributed by atoms with van der Waals surface area (Å²) in [5.74, 6) is 1.41. The molecule has 0 saturated heterocycles. The second-order valence-electron chi connectivity index (χ2n) is 4.08. The normalized spacial score (nSPS) is 10.7. The van der Waals surface area contributed by atoms with Crippen molar-refractivity contribution in [2.45, 2.75) is 0 Å². The monoisotopic (exact) mass is 272 g/mol. The number of nitrogens with zero attached hydrogens (tertiary/aromatic N) is 3. The fourth-order valence-corrected chi connectivity index (χ4v) is 1.96. The first-order valence-corrected chi connectivity index (χ1v) is 5.87. The molecule has 20 heavy (non-hydrogen) atoms. The van der Waals surface area contributed by atoms with Crippen LogP contribution in [0.3, 0.4) is 0 Å². The van der Waals surface area contributed by atoms with E-state index in [0.717, 1.165) is 0 Å². The third-order valence-corrected chi connectivity index (χ3v) is 2.95. The second-order valence-corrected chi connectivity index (χ2v) is 4.08. The SMILES string of the molecule is COc1cc2nc(-n3ccnc3)[nH]c(=O)c2cc1OC. The maximum absolute atomic E-state index is 12.1. The highest BCUT2D eigenvalue weighted by atomic mass is 16.5. The molecule has 2 heterocycles. The maximum Gasteiger partial charge on any atom is 0.260 e. The second kappa shape index (κ2) is 4.69. The van der Waals surface area contributed by atoms with Crippen LogP contribution in [0.1, 0.15) is 0 Å². The molecular formula is C13H12N4O3. The largest absolute Gasteiger partial charge is 0.493 e. The number of imidazole rings is 1. The van der Waals surface area contributed by atoms with Gasteiger partial charge in [-0.15, -0.1) is 0 Å². The van der Waals surface area contributed by atoms with E-state index in [1.165, 1.54) is 14.2 Å². The molecule has 0 bridgehead atoms. The minimum Gasteiger partial charge on any atom is -0.493 e. The minimum absolute atomic E-state index is 0.250. The highest BCUT2D eigenvalue weighted by molar-refractivity contribution is 5.82. The third-order valence-electron chi connectivity index (χ3n) is 2.95. The topological polar surface area (TPSA) is 82.0 Å².